The van der Waals surface area contributed by atoms with Crippen LogP contribution in [0.4, 0.5) is 0 Å². The molecular formula is C9H18OS2. The molecule has 1 nitrogen and oxygen atoms in total. The Kier molecular flexibility index (Phi) is 3.80. The molecule has 0 amide bonds. The van der Waals surface area contributed by atoms with Crippen LogP contribution in [0, 0.1) is 11.3 Å². The minimum atomic E-state index is 0.358. The van der Waals surface area contributed by atoms with E-state index in [4.69, 9.17) is 5.11 Å². The summed E-state index contributed by atoms with van der Waals surface area (Å²) in [6, 6.07) is 0. The van der Waals surface area contributed by atoms with Crippen molar-refractivity contribution in [3.63, 3.8) is 0 Å². The minimum Gasteiger partial charge on any atom is -0.396 e. The van der Waals surface area contributed by atoms with Gasteiger partial charge in [0.25, 0.3) is 0 Å². The third-order valence-corrected chi connectivity index (χ3v) is 6.10. The van der Waals surface area contributed by atoms with Crippen LogP contribution in [0.25, 0.3) is 0 Å². The van der Waals surface area contributed by atoms with E-state index >= 15 is 0 Å². The molecule has 1 fully saturated rings. The lowest BCUT2D eigenvalue weighted by Gasteiger charge is -2.35. The van der Waals surface area contributed by atoms with Crippen molar-refractivity contribution < 1.29 is 5.11 Å². The average Bonchev–Trinajstić information content (AvgIpc) is 2.03. The smallest absolute Gasteiger partial charge is 0.0550 e. The van der Waals surface area contributed by atoms with Crippen LogP contribution < -0.4 is 0 Å². The van der Waals surface area contributed by atoms with E-state index in [1.807, 2.05) is 23.5 Å². The molecular weight excluding hydrogens is 188 g/mol. The summed E-state index contributed by atoms with van der Waals surface area (Å²) in [5.41, 5.74) is 0.399. The van der Waals surface area contributed by atoms with E-state index in [2.05, 4.69) is 20.8 Å². The molecule has 1 N–H and O–H groups in total. The SMILES string of the molecule is CC(C)(C)C1SCC(CO)CS1. The maximum absolute atomic E-state index is 8.95. The normalized spacial score (nSPS) is 32.0. The summed E-state index contributed by atoms with van der Waals surface area (Å²) >= 11 is 4.01. The van der Waals surface area contributed by atoms with Crippen molar-refractivity contribution >= 4 is 23.5 Å². The molecule has 3 heteroatoms. The zero-order chi connectivity index (χ0) is 9.19. The van der Waals surface area contributed by atoms with Crippen molar-refractivity contribution in [2.75, 3.05) is 18.1 Å². The van der Waals surface area contributed by atoms with Crippen LogP contribution in [0.3, 0.4) is 0 Å². The molecule has 72 valence electrons. The van der Waals surface area contributed by atoms with E-state index in [1.165, 1.54) is 0 Å². The second kappa shape index (κ2) is 4.25. The summed E-state index contributed by atoms with van der Waals surface area (Å²) in [6.07, 6.45) is 0. The molecule has 0 unspecified atom stereocenters. The van der Waals surface area contributed by atoms with Crippen molar-refractivity contribution in [1.29, 1.82) is 0 Å². The molecule has 0 saturated carbocycles. The first kappa shape index (κ1) is 10.7. The molecule has 1 aliphatic rings. The molecule has 0 aromatic rings. The van der Waals surface area contributed by atoms with Crippen LogP contribution in [-0.2, 0) is 0 Å². The van der Waals surface area contributed by atoms with Crippen molar-refractivity contribution in [3.05, 3.63) is 0 Å². The van der Waals surface area contributed by atoms with E-state index in [1.54, 1.807) is 0 Å². The van der Waals surface area contributed by atoms with Gasteiger partial charge in [-0.2, -0.15) is 0 Å². The second-order valence-corrected chi connectivity index (χ2v) is 6.99. The Hall–Kier alpha value is 0.660. The van der Waals surface area contributed by atoms with Gasteiger partial charge in [-0.1, -0.05) is 20.8 Å². The lowest BCUT2D eigenvalue weighted by Crippen LogP contribution is -2.28. The van der Waals surface area contributed by atoms with Gasteiger partial charge in [0.1, 0.15) is 0 Å². The van der Waals surface area contributed by atoms with Crippen LogP contribution in [-0.4, -0.2) is 27.8 Å². The molecule has 1 heterocycles. The Balaban J connectivity index is 2.36. The molecule has 0 aromatic carbocycles. The van der Waals surface area contributed by atoms with Crippen molar-refractivity contribution in [3.8, 4) is 0 Å². The van der Waals surface area contributed by atoms with Gasteiger partial charge in [-0.3, -0.25) is 0 Å². The summed E-state index contributed by atoms with van der Waals surface area (Å²) in [5, 5.41) is 8.95. The molecule has 0 aromatic heterocycles. The molecule has 1 saturated heterocycles. The minimum absolute atomic E-state index is 0.358. The van der Waals surface area contributed by atoms with Gasteiger partial charge < -0.3 is 5.11 Å². The number of aliphatic hydroxyl groups is 1. The van der Waals surface area contributed by atoms with Gasteiger partial charge in [-0.05, 0) is 5.41 Å². The van der Waals surface area contributed by atoms with Crippen LogP contribution in [0.5, 0.6) is 0 Å². The van der Waals surface area contributed by atoms with E-state index in [9.17, 15) is 0 Å². The Bertz CT molecular complexity index is 134. The average molecular weight is 206 g/mol. The third-order valence-electron chi connectivity index (χ3n) is 1.93. The lowest BCUT2D eigenvalue weighted by molar-refractivity contribution is 0.252. The molecule has 12 heavy (non-hydrogen) atoms. The highest BCUT2D eigenvalue weighted by molar-refractivity contribution is 8.17. The monoisotopic (exact) mass is 206 g/mol. The number of hydrogen-bond donors (Lipinski definition) is 1. The van der Waals surface area contributed by atoms with Gasteiger partial charge in [0, 0.05) is 24.0 Å². The van der Waals surface area contributed by atoms with Crippen LogP contribution in [0.2, 0.25) is 0 Å². The Morgan fingerprint density at radius 2 is 1.75 bits per heavy atom. The van der Waals surface area contributed by atoms with E-state index in [0.29, 0.717) is 22.5 Å². The molecule has 0 radical (unpaired) electrons. The predicted octanol–water partition coefficient (Wildman–Crippen LogP) is 2.45. The van der Waals surface area contributed by atoms with Gasteiger partial charge >= 0.3 is 0 Å². The topological polar surface area (TPSA) is 20.2 Å². The molecule has 0 bridgehead atoms. The highest BCUT2D eigenvalue weighted by Gasteiger charge is 2.30. The van der Waals surface area contributed by atoms with E-state index in [-0.39, 0.29) is 0 Å². The van der Waals surface area contributed by atoms with Crippen LogP contribution in [0.15, 0.2) is 0 Å². The quantitative estimate of drug-likeness (QED) is 0.711. The summed E-state index contributed by atoms with van der Waals surface area (Å²) in [6.45, 7) is 7.22. The molecule has 0 aliphatic carbocycles. The maximum Gasteiger partial charge on any atom is 0.0550 e. The van der Waals surface area contributed by atoms with Gasteiger partial charge in [0.2, 0.25) is 0 Å². The predicted molar refractivity (Wildman–Crippen MR) is 58.7 cm³/mol. The number of hydrogen-bond acceptors (Lipinski definition) is 3. The standard InChI is InChI=1S/C9H18OS2/c1-9(2,3)8-11-5-7(4-10)6-12-8/h7-8,10H,4-6H2,1-3H3. The van der Waals surface area contributed by atoms with Gasteiger partial charge in [-0.25, -0.2) is 0 Å². The van der Waals surface area contributed by atoms with Crippen molar-refractivity contribution in [2.24, 2.45) is 11.3 Å². The highest BCUT2D eigenvalue weighted by Crippen LogP contribution is 2.43. The maximum atomic E-state index is 8.95. The summed E-state index contributed by atoms with van der Waals surface area (Å²) in [7, 11) is 0. The van der Waals surface area contributed by atoms with Crippen molar-refractivity contribution in [2.45, 2.75) is 25.4 Å². The zero-order valence-corrected chi connectivity index (χ0v) is 9.67. The summed E-state index contributed by atoms with van der Waals surface area (Å²) in [5.74, 6) is 2.79. The Morgan fingerprint density at radius 3 is 2.08 bits per heavy atom. The fourth-order valence-corrected chi connectivity index (χ4v) is 4.49. The molecule has 1 aliphatic heterocycles. The lowest BCUT2D eigenvalue weighted by atomic mass is 10.00. The van der Waals surface area contributed by atoms with Crippen molar-refractivity contribution in [1.82, 2.24) is 0 Å². The highest BCUT2D eigenvalue weighted by atomic mass is 32.2. The largest absolute Gasteiger partial charge is 0.396 e. The first-order valence-corrected chi connectivity index (χ1v) is 6.48. The fraction of sp³-hybridized carbons (Fsp3) is 1.00. The summed E-state index contributed by atoms with van der Waals surface area (Å²) in [4.78, 5) is 0. The first-order valence-electron chi connectivity index (χ1n) is 4.38. The van der Waals surface area contributed by atoms with Gasteiger partial charge in [0.15, 0.2) is 0 Å². The molecule has 0 atom stereocenters. The molecule has 1 rings (SSSR count). The first-order chi connectivity index (χ1) is 5.54. The Morgan fingerprint density at radius 1 is 1.25 bits per heavy atom. The van der Waals surface area contributed by atoms with E-state index in [0.717, 1.165) is 11.5 Å². The van der Waals surface area contributed by atoms with Crippen LogP contribution in [0.1, 0.15) is 20.8 Å². The summed E-state index contributed by atoms with van der Waals surface area (Å²) < 4.78 is 0.709. The van der Waals surface area contributed by atoms with Gasteiger partial charge in [0.05, 0.1) is 4.58 Å². The second-order valence-electron chi connectivity index (χ2n) is 4.41. The number of rotatable bonds is 1. The molecule has 0 spiro atoms. The number of aliphatic hydroxyl groups excluding tert-OH is 1. The zero-order valence-electron chi connectivity index (χ0n) is 8.04. The fourth-order valence-electron chi connectivity index (χ4n) is 1.15. The Labute approximate surface area is 83.7 Å². The van der Waals surface area contributed by atoms with Crippen LogP contribution >= 0.6 is 23.5 Å². The number of thioether (sulfide) groups is 2. The third kappa shape index (κ3) is 2.86. The van der Waals surface area contributed by atoms with Gasteiger partial charge in [-0.15, -0.1) is 23.5 Å². The van der Waals surface area contributed by atoms with E-state index < -0.39 is 0 Å².